The number of aliphatic hydroxyl groups is 1. The summed E-state index contributed by atoms with van der Waals surface area (Å²) in [6.45, 7) is 1.02. The van der Waals surface area contributed by atoms with Gasteiger partial charge in [0.15, 0.2) is 0 Å². The maximum Gasteiger partial charge on any atom is 0.418 e. The standard InChI is InChI=1S/C13H16BrF3N2O/c14-10-4-8(3-9(12(10)18)13(15,16)17)11(20)6-19-5-7-1-2-7/h3-4,7,11,19-20H,1-2,5-6,18H2. The SMILES string of the molecule is Nc1c(Br)cc(C(O)CNCC2CC2)cc1C(F)(F)F. The van der Waals surface area contributed by atoms with Gasteiger partial charge in [0.2, 0.25) is 0 Å². The molecule has 2 rings (SSSR count). The Morgan fingerprint density at radius 1 is 1.40 bits per heavy atom. The number of nitrogen functional groups attached to an aromatic ring is 1. The molecule has 0 spiro atoms. The maximum atomic E-state index is 12.8. The molecule has 1 aliphatic carbocycles. The van der Waals surface area contributed by atoms with E-state index in [1.807, 2.05) is 0 Å². The lowest BCUT2D eigenvalue weighted by molar-refractivity contribution is -0.137. The molecule has 1 aliphatic rings. The van der Waals surface area contributed by atoms with Crippen molar-refractivity contribution in [3.8, 4) is 0 Å². The predicted molar refractivity (Wildman–Crippen MR) is 74.1 cm³/mol. The summed E-state index contributed by atoms with van der Waals surface area (Å²) in [5.74, 6) is 0.645. The monoisotopic (exact) mass is 352 g/mol. The molecule has 1 aromatic rings. The first kappa shape index (κ1) is 15.6. The highest BCUT2D eigenvalue weighted by molar-refractivity contribution is 9.10. The van der Waals surface area contributed by atoms with E-state index in [0.717, 1.165) is 12.6 Å². The van der Waals surface area contributed by atoms with Crippen LogP contribution in [0, 0.1) is 5.92 Å². The molecule has 0 amide bonds. The van der Waals surface area contributed by atoms with E-state index in [9.17, 15) is 18.3 Å². The molecule has 20 heavy (non-hydrogen) atoms. The molecular formula is C13H16BrF3N2O. The molecule has 3 nitrogen and oxygen atoms in total. The summed E-state index contributed by atoms with van der Waals surface area (Å²) in [5, 5.41) is 13.0. The minimum absolute atomic E-state index is 0.142. The summed E-state index contributed by atoms with van der Waals surface area (Å²) in [5.41, 5.74) is 4.33. The third-order valence-electron chi connectivity index (χ3n) is 3.31. The van der Waals surface area contributed by atoms with Crippen LogP contribution >= 0.6 is 15.9 Å². The Kier molecular flexibility index (Phi) is 4.61. The summed E-state index contributed by atoms with van der Waals surface area (Å²) >= 11 is 3.00. The van der Waals surface area contributed by atoms with Gasteiger partial charge in [-0.05, 0) is 58.9 Å². The van der Waals surface area contributed by atoms with Crippen LogP contribution in [0.4, 0.5) is 18.9 Å². The quantitative estimate of drug-likeness (QED) is 0.713. The number of nitrogens with one attached hydrogen (secondary N) is 1. The minimum atomic E-state index is -4.54. The molecule has 1 aromatic carbocycles. The second kappa shape index (κ2) is 5.91. The zero-order valence-electron chi connectivity index (χ0n) is 10.7. The van der Waals surface area contributed by atoms with Crippen LogP contribution < -0.4 is 11.1 Å². The van der Waals surface area contributed by atoms with Gasteiger partial charge < -0.3 is 16.2 Å². The van der Waals surface area contributed by atoms with Crippen LogP contribution in [0.5, 0.6) is 0 Å². The minimum Gasteiger partial charge on any atom is -0.397 e. The number of nitrogens with two attached hydrogens (primary N) is 1. The molecule has 1 atom stereocenters. The zero-order valence-corrected chi connectivity index (χ0v) is 12.3. The Bertz CT molecular complexity index is 489. The van der Waals surface area contributed by atoms with Crippen molar-refractivity contribution in [2.24, 2.45) is 5.92 Å². The largest absolute Gasteiger partial charge is 0.418 e. The molecule has 0 bridgehead atoms. The molecule has 4 N–H and O–H groups in total. The van der Waals surface area contributed by atoms with Crippen molar-refractivity contribution >= 4 is 21.6 Å². The van der Waals surface area contributed by atoms with E-state index in [-0.39, 0.29) is 22.3 Å². The molecule has 0 aliphatic heterocycles. The number of benzene rings is 1. The van der Waals surface area contributed by atoms with Gasteiger partial charge in [-0.25, -0.2) is 0 Å². The molecule has 0 aromatic heterocycles. The molecular weight excluding hydrogens is 337 g/mol. The number of hydrogen-bond acceptors (Lipinski definition) is 3. The van der Waals surface area contributed by atoms with Crippen LogP contribution in [0.15, 0.2) is 16.6 Å². The van der Waals surface area contributed by atoms with Gasteiger partial charge in [0.25, 0.3) is 0 Å². The second-order valence-corrected chi connectivity index (χ2v) is 5.93. The number of halogens is 4. The van der Waals surface area contributed by atoms with Crippen molar-refractivity contribution in [2.75, 3.05) is 18.8 Å². The lowest BCUT2D eigenvalue weighted by Crippen LogP contribution is -2.24. The first-order valence-electron chi connectivity index (χ1n) is 6.34. The summed E-state index contributed by atoms with van der Waals surface area (Å²) in [4.78, 5) is 0. The number of anilines is 1. The lowest BCUT2D eigenvalue weighted by Gasteiger charge is -2.17. The number of rotatable bonds is 5. The Balaban J connectivity index is 2.11. The highest BCUT2D eigenvalue weighted by atomic mass is 79.9. The second-order valence-electron chi connectivity index (χ2n) is 5.08. The van der Waals surface area contributed by atoms with E-state index in [0.29, 0.717) is 5.92 Å². The normalized spacial score (nSPS) is 17.2. The molecule has 7 heteroatoms. The van der Waals surface area contributed by atoms with Gasteiger partial charge in [0.1, 0.15) is 0 Å². The molecule has 0 heterocycles. The van der Waals surface area contributed by atoms with Crippen LogP contribution in [0.1, 0.15) is 30.1 Å². The zero-order chi connectivity index (χ0) is 14.9. The van der Waals surface area contributed by atoms with Crippen molar-refractivity contribution in [1.82, 2.24) is 5.32 Å². The van der Waals surface area contributed by atoms with Gasteiger partial charge in [-0.2, -0.15) is 13.2 Å². The van der Waals surface area contributed by atoms with Gasteiger partial charge in [-0.3, -0.25) is 0 Å². The fourth-order valence-corrected chi connectivity index (χ4v) is 2.41. The molecule has 1 saturated carbocycles. The Morgan fingerprint density at radius 3 is 2.60 bits per heavy atom. The van der Waals surface area contributed by atoms with E-state index < -0.39 is 17.8 Å². The van der Waals surface area contributed by atoms with Crippen molar-refractivity contribution in [3.63, 3.8) is 0 Å². The molecule has 1 fully saturated rings. The smallest absolute Gasteiger partial charge is 0.397 e. The summed E-state index contributed by atoms with van der Waals surface area (Å²) in [7, 11) is 0. The Morgan fingerprint density at radius 2 is 2.05 bits per heavy atom. The first-order chi connectivity index (χ1) is 9.29. The molecule has 1 unspecified atom stereocenters. The summed E-state index contributed by atoms with van der Waals surface area (Å²) < 4.78 is 38.7. The number of alkyl halides is 3. The fourth-order valence-electron chi connectivity index (χ4n) is 1.93. The average molecular weight is 353 g/mol. The Hall–Kier alpha value is -0.790. The van der Waals surface area contributed by atoms with Gasteiger partial charge >= 0.3 is 6.18 Å². The predicted octanol–water partition coefficient (Wildman–Crippen LogP) is 3.08. The molecule has 0 radical (unpaired) electrons. The van der Waals surface area contributed by atoms with E-state index in [1.165, 1.54) is 18.9 Å². The summed E-state index contributed by atoms with van der Waals surface area (Å²) in [6, 6.07) is 2.33. The van der Waals surface area contributed by atoms with Crippen LogP contribution in [-0.2, 0) is 6.18 Å². The van der Waals surface area contributed by atoms with Crippen LogP contribution in [0.25, 0.3) is 0 Å². The third kappa shape index (κ3) is 3.86. The van der Waals surface area contributed by atoms with Crippen LogP contribution in [-0.4, -0.2) is 18.2 Å². The average Bonchev–Trinajstić information content (AvgIpc) is 3.14. The van der Waals surface area contributed by atoms with Gasteiger partial charge in [-0.1, -0.05) is 0 Å². The van der Waals surface area contributed by atoms with E-state index in [2.05, 4.69) is 21.2 Å². The van der Waals surface area contributed by atoms with Gasteiger partial charge in [-0.15, -0.1) is 0 Å². The summed E-state index contributed by atoms with van der Waals surface area (Å²) in [6.07, 6.45) is -3.18. The van der Waals surface area contributed by atoms with E-state index in [1.54, 1.807) is 0 Å². The molecule has 112 valence electrons. The molecule has 0 saturated heterocycles. The van der Waals surface area contributed by atoms with E-state index >= 15 is 0 Å². The van der Waals surface area contributed by atoms with Crippen LogP contribution in [0.3, 0.4) is 0 Å². The first-order valence-corrected chi connectivity index (χ1v) is 7.13. The lowest BCUT2D eigenvalue weighted by atomic mass is 10.0. The van der Waals surface area contributed by atoms with E-state index in [4.69, 9.17) is 5.73 Å². The van der Waals surface area contributed by atoms with Crippen molar-refractivity contribution in [2.45, 2.75) is 25.1 Å². The van der Waals surface area contributed by atoms with Gasteiger partial charge in [0, 0.05) is 11.0 Å². The third-order valence-corrected chi connectivity index (χ3v) is 3.97. The maximum absolute atomic E-state index is 12.8. The highest BCUT2D eigenvalue weighted by Crippen LogP contribution is 2.39. The number of hydrogen-bond donors (Lipinski definition) is 3. The van der Waals surface area contributed by atoms with Crippen molar-refractivity contribution in [3.05, 3.63) is 27.7 Å². The Labute approximate surface area is 123 Å². The highest BCUT2D eigenvalue weighted by Gasteiger charge is 2.34. The topological polar surface area (TPSA) is 58.3 Å². The van der Waals surface area contributed by atoms with Gasteiger partial charge in [0.05, 0.1) is 17.4 Å². The fraction of sp³-hybridized carbons (Fsp3) is 0.538. The number of aliphatic hydroxyl groups excluding tert-OH is 1. The van der Waals surface area contributed by atoms with Crippen molar-refractivity contribution in [1.29, 1.82) is 0 Å². The van der Waals surface area contributed by atoms with Crippen molar-refractivity contribution < 1.29 is 18.3 Å². The van der Waals surface area contributed by atoms with Crippen LogP contribution in [0.2, 0.25) is 0 Å².